The van der Waals surface area contributed by atoms with Crippen LogP contribution in [0.2, 0.25) is 0 Å². The Bertz CT molecular complexity index is 1220. The summed E-state index contributed by atoms with van der Waals surface area (Å²) in [6.45, 7) is 2.31. The van der Waals surface area contributed by atoms with Gasteiger partial charge in [0.2, 0.25) is 0 Å². The van der Waals surface area contributed by atoms with Crippen LogP contribution in [0.25, 0.3) is 17.2 Å². The maximum absolute atomic E-state index is 11.3. The van der Waals surface area contributed by atoms with Crippen LogP contribution in [0.1, 0.15) is 30.5 Å². The van der Waals surface area contributed by atoms with Crippen molar-refractivity contribution < 1.29 is 38.2 Å². The lowest BCUT2D eigenvalue weighted by Crippen LogP contribution is -2.31. The Morgan fingerprint density at radius 2 is 1.76 bits per heavy atom. The van der Waals surface area contributed by atoms with E-state index in [2.05, 4.69) is 4.98 Å². The zero-order valence-corrected chi connectivity index (χ0v) is 21.5. The molecule has 2 aromatic carbocycles. The summed E-state index contributed by atoms with van der Waals surface area (Å²) in [6, 6.07) is 15.1. The van der Waals surface area contributed by atoms with Crippen LogP contribution in [0.3, 0.4) is 0 Å². The molecule has 0 bridgehead atoms. The summed E-state index contributed by atoms with van der Waals surface area (Å²) in [6.07, 6.45) is 5.67. The Morgan fingerprint density at radius 3 is 2.38 bits per heavy atom. The largest absolute Gasteiger partial charge is 0.485 e. The lowest BCUT2D eigenvalue weighted by atomic mass is 10.0. The number of aliphatic hydroxyl groups is 1. The van der Waals surface area contributed by atoms with E-state index in [1.165, 1.54) is 6.20 Å². The highest BCUT2D eigenvalue weighted by Crippen LogP contribution is 2.37. The SMILES string of the molecule is CO[C@@H]1COC[C@H]1Oc1ccc(-c2ccc(/C=C/[C@@H](COP(=O)(O)O)n3ccnc3[C@H](C)O)cc2)cc1. The first-order valence-corrected chi connectivity index (χ1v) is 13.3. The van der Waals surface area contributed by atoms with Gasteiger partial charge in [-0.3, -0.25) is 4.52 Å². The number of hydrogen-bond acceptors (Lipinski definition) is 7. The van der Waals surface area contributed by atoms with E-state index in [1.807, 2.05) is 54.6 Å². The molecule has 11 heteroatoms. The molecule has 0 saturated carbocycles. The highest BCUT2D eigenvalue weighted by Gasteiger charge is 2.30. The van der Waals surface area contributed by atoms with Crippen molar-refractivity contribution in [1.82, 2.24) is 9.55 Å². The topological polar surface area (TPSA) is 132 Å². The van der Waals surface area contributed by atoms with Crippen LogP contribution < -0.4 is 4.74 Å². The zero-order chi connectivity index (χ0) is 26.4. The van der Waals surface area contributed by atoms with Gasteiger partial charge in [0.05, 0.1) is 25.9 Å². The monoisotopic (exact) mass is 530 g/mol. The third-order valence-electron chi connectivity index (χ3n) is 6.02. The summed E-state index contributed by atoms with van der Waals surface area (Å²) < 4.78 is 34.4. The van der Waals surface area contributed by atoms with Crippen LogP contribution in [0.15, 0.2) is 67.0 Å². The molecule has 37 heavy (non-hydrogen) atoms. The van der Waals surface area contributed by atoms with Crippen molar-refractivity contribution in [3.63, 3.8) is 0 Å². The van der Waals surface area contributed by atoms with Gasteiger partial charge in [0, 0.05) is 19.5 Å². The van der Waals surface area contributed by atoms with Crippen LogP contribution in [0, 0.1) is 0 Å². The Kier molecular flexibility index (Phi) is 8.94. The van der Waals surface area contributed by atoms with Gasteiger partial charge in [0.15, 0.2) is 6.10 Å². The fourth-order valence-corrected chi connectivity index (χ4v) is 4.43. The van der Waals surface area contributed by atoms with Gasteiger partial charge in [-0.05, 0) is 35.7 Å². The second kappa shape index (κ2) is 12.1. The summed E-state index contributed by atoms with van der Waals surface area (Å²) in [5, 5.41) is 9.98. The smallest absolute Gasteiger partial charge is 0.469 e. The molecule has 10 nitrogen and oxygen atoms in total. The van der Waals surface area contributed by atoms with E-state index >= 15 is 0 Å². The average Bonchev–Trinajstić information content (AvgIpc) is 3.54. The summed E-state index contributed by atoms with van der Waals surface area (Å²) >= 11 is 0. The maximum Gasteiger partial charge on any atom is 0.469 e. The molecule has 2 heterocycles. The van der Waals surface area contributed by atoms with Gasteiger partial charge >= 0.3 is 7.82 Å². The molecule has 1 saturated heterocycles. The second-order valence-corrected chi connectivity index (χ2v) is 9.94. The number of aromatic nitrogens is 2. The molecule has 1 aromatic heterocycles. The molecule has 3 aromatic rings. The van der Waals surface area contributed by atoms with Gasteiger partial charge in [-0.2, -0.15) is 0 Å². The number of ether oxygens (including phenoxy) is 3. The molecule has 4 rings (SSSR count). The molecule has 0 aliphatic carbocycles. The van der Waals surface area contributed by atoms with E-state index in [9.17, 15) is 9.67 Å². The average molecular weight is 531 g/mol. The van der Waals surface area contributed by atoms with Gasteiger partial charge in [0.25, 0.3) is 0 Å². The van der Waals surface area contributed by atoms with E-state index in [4.69, 9.17) is 28.5 Å². The number of phosphoric acid groups is 1. The quantitative estimate of drug-likeness (QED) is 0.317. The highest BCUT2D eigenvalue weighted by molar-refractivity contribution is 7.46. The van der Waals surface area contributed by atoms with Crippen molar-refractivity contribution >= 4 is 13.9 Å². The number of aliphatic hydroxyl groups excluding tert-OH is 1. The molecular weight excluding hydrogens is 499 g/mol. The van der Waals surface area contributed by atoms with Gasteiger partial charge in [-0.1, -0.05) is 48.6 Å². The standard InChI is InChI=1S/C26H31N2O8P/c1-18(29)26-27-13-14-28(26)22(15-35-37(30,31)32)10-5-19-3-6-20(7-4-19)21-8-11-23(12-9-21)36-25-17-34-16-24(25)33-2/h3-14,18,22,24-25,29H,15-17H2,1-2H3,(H2,30,31,32)/b10-5+/t18-,22-,24+,25+/m0/s1. The highest BCUT2D eigenvalue weighted by atomic mass is 31.2. The Morgan fingerprint density at radius 1 is 1.11 bits per heavy atom. The minimum absolute atomic E-state index is 0.0735. The van der Waals surface area contributed by atoms with E-state index in [0.717, 1.165) is 22.4 Å². The van der Waals surface area contributed by atoms with Crippen LogP contribution in [-0.2, 0) is 18.6 Å². The molecule has 4 atom stereocenters. The number of benzene rings is 2. The number of imidazole rings is 1. The summed E-state index contributed by atoms with van der Waals surface area (Å²) in [4.78, 5) is 22.4. The third kappa shape index (κ3) is 7.37. The van der Waals surface area contributed by atoms with Gasteiger partial charge in [0.1, 0.15) is 23.8 Å². The first-order chi connectivity index (χ1) is 17.7. The van der Waals surface area contributed by atoms with E-state index in [1.54, 1.807) is 30.9 Å². The summed E-state index contributed by atoms with van der Waals surface area (Å²) in [7, 11) is -3.01. The van der Waals surface area contributed by atoms with E-state index in [-0.39, 0.29) is 18.8 Å². The van der Waals surface area contributed by atoms with Crippen molar-refractivity contribution in [2.24, 2.45) is 0 Å². The van der Waals surface area contributed by atoms with Crippen LogP contribution >= 0.6 is 7.82 Å². The molecule has 0 unspecified atom stereocenters. The first kappa shape index (κ1) is 27.2. The molecule has 1 aliphatic heterocycles. The second-order valence-electron chi connectivity index (χ2n) is 8.70. The van der Waals surface area contributed by atoms with Gasteiger partial charge in [-0.25, -0.2) is 9.55 Å². The summed E-state index contributed by atoms with van der Waals surface area (Å²) in [5.74, 6) is 1.12. The minimum Gasteiger partial charge on any atom is -0.485 e. The molecule has 198 valence electrons. The normalized spacial score (nSPS) is 19.8. The first-order valence-electron chi connectivity index (χ1n) is 11.8. The van der Waals surface area contributed by atoms with E-state index in [0.29, 0.717) is 19.0 Å². The Hall–Kier alpha value is -2.82. The summed E-state index contributed by atoms with van der Waals surface area (Å²) in [5.41, 5.74) is 2.94. The molecule has 0 amide bonds. The van der Waals surface area contributed by atoms with Crippen molar-refractivity contribution in [3.05, 3.63) is 78.4 Å². The number of methoxy groups -OCH3 is 1. The van der Waals surface area contributed by atoms with Crippen molar-refractivity contribution in [3.8, 4) is 16.9 Å². The van der Waals surface area contributed by atoms with Crippen molar-refractivity contribution in [2.45, 2.75) is 31.3 Å². The predicted molar refractivity (Wildman–Crippen MR) is 137 cm³/mol. The lowest BCUT2D eigenvalue weighted by molar-refractivity contribution is 0.0326. The molecule has 1 aliphatic rings. The van der Waals surface area contributed by atoms with Crippen LogP contribution in [-0.4, -0.2) is 63.6 Å². The number of nitrogens with zero attached hydrogens (tertiary/aromatic N) is 2. The molecule has 0 spiro atoms. The zero-order valence-electron chi connectivity index (χ0n) is 20.6. The number of rotatable bonds is 11. The van der Waals surface area contributed by atoms with Crippen molar-refractivity contribution in [1.29, 1.82) is 0 Å². The minimum atomic E-state index is -4.67. The fraction of sp³-hybridized carbons (Fsp3) is 0.346. The molecule has 3 N–H and O–H groups in total. The maximum atomic E-state index is 11.3. The van der Waals surface area contributed by atoms with Crippen LogP contribution in [0.5, 0.6) is 5.75 Å². The molecule has 1 fully saturated rings. The van der Waals surface area contributed by atoms with Gasteiger partial charge in [-0.15, -0.1) is 0 Å². The predicted octanol–water partition coefficient (Wildman–Crippen LogP) is 3.76. The van der Waals surface area contributed by atoms with Gasteiger partial charge < -0.3 is 33.7 Å². The molecule has 0 radical (unpaired) electrons. The Labute approximate surface area is 215 Å². The lowest BCUT2D eigenvalue weighted by Gasteiger charge is -2.19. The Balaban J connectivity index is 1.44. The number of hydrogen-bond donors (Lipinski definition) is 3. The van der Waals surface area contributed by atoms with E-state index < -0.39 is 20.0 Å². The number of phosphoric ester groups is 1. The molecular formula is C26H31N2O8P. The third-order valence-corrected chi connectivity index (χ3v) is 6.51. The van der Waals surface area contributed by atoms with Crippen molar-refractivity contribution in [2.75, 3.05) is 26.9 Å². The fourth-order valence-electron chi connectivity index (χ4n) is 4.08. The van der Waals surface area contributed by atoms with Crippen LogP contribution in [0.4, 0.5) is 0 Å².